The summed E-state index contributed by atoms with van der Waals surface area (Å²) >= 11 is 0. The minimum Gasteiger partial charge on any atom is -0.350 e. The first-order valence-corrected chi connectivity index (χ1v) is 7.14. The number of carbonyl (C=O) groups excluding carboxylic acids is 1. The van der Waals surface area contributed by atoms with Gasteiger partial charge in [0.25, 0.3) is 0 Å². The number of nitrogens with one attached hydrogen (secondary N) is 2. The first-order chi connectivity index (χ1) is 8.10. The van der Waals surface area contributed by atoms with Gasteiger partial charge >= 0.3 is 0 Å². The molecule has 2 fully saturated rings. The molecule has 0 aromatic heterocycles. The Morgan fingerprint density at radius 1 is 1.18 bits per heavy atom. The van der Waals surface area contributed by atoms with Crippen LogP contribution in [0.3, 0.4) is 0 Å². The third-order valence-corrected chi connectivity index (χ3v) is 4.84. The van der Waals surface area contributed by atoms with Crippen molar-refractivity contribution < 1.29 is 4.79 Å². The topological polar surface area (TPSA) is 41.1 Å². The molecule has 98 valence electrons. The Morgan fingerprint density at radius 2 is 1.76 bits per heavy atom. The predicted octanol–water partition coefficient (Wildman–Crippen LogP) is 2.22. The smallest absolute Gasteiger partial charge is 0.226 e. The Bertz CT molecular complexity index is 276. The molecule has 2 aliphatic rings. The molecule has 3 heteroatoms. The zero-order valence-electron chi connectivity index (χ0n) is 11.3. The Labute approximate surface area is 105 Å². The lowest BCUT2D eigenvalue weighted by molar-refractivity contribution is -0.134. The molecule has 0 radical (unpaired) electrons. The van der Waals surface area contributed by atoms with Gasteiger partial charge in [-0.2, -0.15) is 0 Å². The van der Waals surface area contributed by atoms with Crippen LogP contribution in [0.1, 0.15) is 58.8 Å². The van der Waals surface area contributed by atoms with E-state index in [1.165, 1.54) is 12.8 Å². The maximum Gasteiger partial charge on any atom is 0.226 e. The molecule has 17 heavy (non-hydrogen) atoms. The highest BCUT2D eigenvalue weighted by atomic mass is 16.2. The molecule has 1 amide bonds. The van der Waals surface area contributed by atoms with Crippen molar-refractivity contribution in [2.24, 2.45) is 5.41 Å². The van der Waals surface area contributed by atoms with E-state index < -0.39 is 0 Å². The average molecular weight is 238 g/mol. The van der Waals surface area contributed by atoms with Crippen molar-refractivity contribution in [1.29, 1.82) is 0 Å². The number of rotatable bonds is 3. The summed E-state index contributed by atoms with van der Waals surface area (Å²) in [7, 11) is 0. The molecule has 1 heterocycles. The minimum absolute atomic E-state index is 0.0735. The highest BCUT2D eigenvalue weighted by molar-refractivity contribution is 5.83. The van der Waals surface area contributed by atoms with Crippen LogP contribution in [0.25, 0.3) is 0 Å². The normalized spacial score (nSPS) is 26.7. The van der Waals surface area contributed by atoms with Gasteiger partial charge in [0.05, 0.1) is 5.41 Å². The maximum absolute atomic E-state index is 12.6. The van der Waals surface area contributed by atoms with Crippen molar-refractivity contribution in [2.45, 2.75) is 64.3 Å². The lowest BCUT2D eigenvalue weighted by atomic mass is 9.75. The van der Waals surface area contributed by atoms with Gasteiger partial charge in [0.2, 0.25) is 5.91 Å². The second-order valence-electron chi connectivity index (χ2n) is 6.11. The summed E-state index contributed by atoms with van der Waals surface area (Å²) in [5, 5.41) is 6.70. The summed E-state index contributed by atoms with van der Waals surface area (Å²) in [6, 6.07) is 0. The maximum atomic E-state index is 12.6. The van der Waals surface area contributed by atoms with E-state index in [2.05, 4.69) is 24.5 Å². The van der Waals surface area contributed by atoms with Gasteiger partial charge in [-0.1, -0.05) is 19.8 Å². The monoisotopic (exact) mass is 238 g/mol. The lowest BCUT2D eigenvalue weighted by Gasteiger charge is -2.38. The van der Waals surface area contributed by atoms with Gasteiger partial charge in [-0.15, -0.1) is 0 Å². The molecule has 1 aliphatic carbocycles. The standard InChI is InChI=1S/C14H26N2O/c1-3-14(8-10-15-11-9-14)12(17)16-13(2)6-4-5-7-13/h15H,3-11H2,1-2H3,(H,16,17). The van der Waals surface area contributed by atoms with Crippen LogP contribution in [0.15, 0.2) is 0 Å². The van der Waals surface area contributed by atoms with E-state index in [9.17, 15) is 4.79 Å². The molecule has 1 saturated carbocycles. The summed E-state index contributed by atoms with van der Waals surface area (Å²) in [6.45, 7) is 6.33. The van der Waals surface area contributed by atoms with Crippen LogP contribution in [-0.2, 0) is 4.79 Å². The van der Waals surface area contributed by atoms with Gasteiger partial charge in [0.15, 0.2) is 0 Å². The third-order valence-electron chi connectivity index (χ3n) is 4.84. The molecule has 1 saturated heterocycles. The Morgan fingerprint density at radius 3 is 2.29 bits per heavy atom. The fourth-order valence-electron chi connectivity index (χ4n) is 3.33. The number of carbonyl (C=O) groups is 1. The molecule has 2 rings (SSSR count). The van der Waals surface area contributed by atoms with E-state index >= 15 is 0 Å². The van der Waals surface area contributed by atoms with Gasteiger partial charge in [-0.05, 0) is 52.1 Å². The van der Waals surface area contributed by atoms with E-state index in [1.807, 2.05) is 0 Å². The van der Waals surface area contributed by atoms with E-state index in [0.717, 1.165) is 45.2 Å². The van der Waals surface area contributed by atoms with Crippen LogP contribution in [-0.4, -0.2) is 24.5 Å². The first-order valence-electron chi connectivity index (χ1n) is 7.14. The summed E-state index contributed by atoms with van der Waals surface area (Å²) in [5.41, 5.74) is -0.0268. The molecular formula is C14H26N2O. The highest BCUT2D eigenvalue weighted by Gasteiger charge is 2.41. The second-order valence-corrected chi connectivity index (χ2v) is 6.11. The van der Waals surface area contributed by atoms with Crippen molar-refractivity contribution in [2.75, 3.05) is 13.1 Å². The Hall–Kier alpha value is -0.570. The SMILES string of the molecule is CCC1(C(=O)NC2(C)CCCC2)CCNCC1. The van der Waals surface area contributed by atoms with Crippen LogP contribution in [0.4, 0.5) is 0 Å². The summed E-state index contributed by atoms with van der Waals surface area (Å²) in [5.74, 6) is 0.311. The van der Waals surface area contributed by atoms with Gasteiger partial charge in [-0.25, -0.2) is 0 Å². The zero-order valence-corrected chi connectivity index (χ0v) is 11.3. The van der Waals surface area contributed by atoms with Gasteiger partial charge in [0.1, 0.15) is 0 Å². The second kappa shape index (κ2) is 4.97. The minimum atomic E-state index is -0.100. The average Bonchev–Trinajstić information content (AvgIpc) is 2.76. The molecule has 0 unspecified atom stereocenters. The van der Waals surface area contributed by atoms with Crippen molar-refractivity contribution in [3.05, 3.63) is 0 Å². The number of amides is 1. The van der Waals surface area contributed by atoms with Crippen molar-refractivity contribution in [1.82, 2.24) is 10.6 Å². The van der Waals surface area contributed by atoms with E-state index in [0.29, 0.717) is 5.91 Å². The number of piperidine rings is 1. The first kappa shape index (κ1) is 12.9. The molecule has 0 bridgehead atoms. The van der Waals surface area contributed by atoms with Crippen molar-refractivity contribution in [3.8, 4) is 0 Å². The predicted molar refractivity (Wildman–Crippen MR) is 69.8 cm³/mol. The van der Waals surface area contributed by atoms with E-state index in [4.69, 9.17) is 0 Å². The fourth-order valence-corrected chi connectivity index (χ4v) is 3.33. The van der Waals surface area contributed by atoms with Crippen LogP contribution >= 0.6 is 0 Å². The largest absolute Gasteiger partial charge is 0.350 e. The third kappa shape index (κ3) is 2.65. The van der Waals surface area contributed by atoms with Gasteiger partial charge in [-0.3, -0.25) is 4.79 Å². The Kier molecular flexibility index (Phi) is 3.76. The number of hydrogen-bond donors (Lipinski definition) is 2. The molecule has 0 aromatic rings. The van der Waals surface area contributed by atoms with Crippen LogP contribution in [0, 0.1) is 5.41 Å². The quantitative estimate of drug-likeness (QED) is 0.791. The van der Waals surface area contributed by atoms with Crippen molar-refractivity contribution in [3.63, 3.8) is 0 Å². The van der Waals surface area contributed by atoms with E-state index in [1.54, 1.807) is 0 Å². The molecule has 1 aliphatic heterocycles. The summed E-state index contributed by atoms with van der Waals surface area (Å²) in [6.07, 6.45) is 7.77. The lowest BCUT2D eigenvalue weighted by Crippen LogP contribution is -2.53. The highest BCUT2D eigenvalue weighted by Crippen LogP contribution is 2.35. The molecule has 3 nitrogen and oxygen atoms in total. The summed E-state index contributed by atoms with van der Waals surface area (Å²) < 4.78 is 0. The molecule has 0 aromatic carbocycles. The van der Waals surface area contributed by atoms with Crippen molar-refractivity contribution >= 4 is 5.91 Å². The van der Waals surface area contributed by atoms with Crippen LogP contribution < -0.4 is 10.6 Å². The van der Waals surface area contributed by atoms with Gasteiger partial charge in [0, 0.05) is 5.54 Å². The van der Waals surface area contributed by atoms with Crippen LogP contribution in [0.2, 0.25) is 0 Å². The number of hydrogen-bond acceptors (Lipinski definition) is 2. The van der Waals surface area contributed by atoms with Crippen LogP contribution in [0.5, 0.6) is 0 Å². The Balaban J connectivity index is 2.01. The summed E-state index contributed by atoms with van der Waals surface area (Å²) in [4.78, 5) is 12.6. The molecule has 0 atom stereocenters. The molecule has 2 N–H and O–H groups in total. The zero-order chi connectivity index (χ0) is 12.4. The fraction of sp³-hybridized carbons (Fsp3) is 0.929. The molecule has 0 spiro atoms. The van der Waals surface area contributed by atoms with Gasteiger partial charge < -0.3 is 10.6 Å². The molecular weight excluding hydrogens is 212 g/mol. The van der Waals surface area contributed by atoms with E-state index in [-0.39, 0.29) is 11.0 Å².